The molecule has 2 aromatic rings. The van der Waals surface area contributed by atoms with Crippen LogP contribution in [0.15, 0.2) is 11.4 Å². The fourth-order valence-corrected chi connectivity index (χ4v) is 5.52. The van der Waals surface area contributed by atoms with Crippen LogP contribution in [0.25, 0.3) is 10.2 Å². The molecule has 2 aromatic heterocycles. The van der Waals surface area contributed by atoms with Crippen molar-refractivity contribution in [3.63, 3.8) is 0 Å². The Labute approximate surface area is 142 Å². The number of carbonyl (C=O) groups excluding carboxylic acids is 2. The van der Waals surface area contributed by atoms with Crippen LogP contribution >= 0.6 is 23.1 Å². The van der Waals surface area contributed by atoms with Crippen molar-refractivity contribution in [2.45, 2.75) is 43.6 Å². The third-order valence-corrected chi connectivity index (χ3v) is 6.59. The number of thiophene rings is 1. The quantitative estimate of drug-likeness (QED) is 0.483. The van der Waals surface area contributed by atoms with Crippen LogP contribution < -0.4 is 0 Å². The Morgan fingerprint density at radius 3 is 2.70 bits per heavy atom. The van der Waals surface area contributed by atoms with Crippen molar-refractivity contribution >= 4 is 45.1 Å². The Bertz CT molecular complexity index is 771. The van der Waals surface area contributed by atoms with Gasteiger partial charge in [-0.15, -0.1) is 23.1 Å². The number of fused-ring (bicyclic) bond motifs is 3. The molecule has 2 amide bonds. The molecule has 2 aliphatic rings. The van der Waals surface area contributed by atoms with Gasteiger partial charge in [-0.1, -0.05) is 0 Å². The Kier molecular flexibility index (Phi) is 4.07. The van der Waals surface area contributed by atoms with Crippen molar-refractivity contribution in [1.82, 2.24) is 14.9 Å². The van der Waals surface area contributed by atoms with E-state index >= 15 is 0 Å². The zero-order valence-corrected chi connectivity index (χ0v) is 14.3. The lowest BCUT2D eigenvalue weighted by Gasteiger charge is -2.14. The van der Waals surface area contributed by atoms with Gasteiger partial charge in [0.15, 0.2) is 0 Å². The topological polar surface area (TPSA) is 63.2 Å². The Morgan fingerprint density at radius 2 is 1.87 bits per heavy atom. The minimum Gasteiger partial charge on any atom is -0.282 e. The van der Waals surface area contributed by atoms with E-state index in [1.54, 1.807) is 29.4 Å². The van der Waals surface area contributed by atoms with E-state index in [9.17, 15) is 9.59 Å². The maximum Gasteiger partial charge on any atom is 0.229 e. The molecule has 23 heavy (non-hydrogen) atoms. The van der Waals surface area contributed by atoms with Gasteiger partial charge < -0.3 is 0 Å². The molecular formula is C16H17N3O2S2. The van der Waals surface area contributed by atoms with Crippen LogP contribution in [-0.2, 0) is 22.4 Å². The number of hydrogen-bond acceptors (Lipinski definition) is 6. The predicted octanol–water partition coefficient (Wildman–Crippen LogP) is 2.81. The van der Waals surface area contributed by atoms with Crippen molar-refractivity contribution in [3.8, 4) is 0 Å². The van der Waals surface area contributed by atoms with Crippen LogP contribution in [0.1, 0.15) is 36.1 Å². The van der Waals surface area contributed by atoms with Crippen LogP contribution in [0.3, 0.4) is 0 Å². The van der Waals surface area contributed by atoms with Gasteiger partial charge in [-0.25, -0.2) is 9.97 Å². The molecule has 0 spiro atoms. The molecule has 0 atom stereocenters. The predicted molar refractivity (Wildman–Crippen MR) is 90.7 cm³/mol. The van der Waals surface area contributed by atoms with Crippen LogP contribution in [0.2, 0.25) is 0 Å². The van der Waals surface area contributed by atoms with Crippen LogP contribution in [0, 0.1) is 0 Å². The summed E-state index contributed by atoms with van der Waals surface area (Å²) in [7, 11) is 0. The standard InChI is InChI=1S/C16H17N3O2S2/c20-12-5-6-13(21)19(12)7-8-22-15-14-10-3-1-2-4-11(10)23-16(14)18-9-17-15/h9H,1-8H2. The number of aryl methyl sites for hydroxylation is 2. The van der Waals surface area contributed by atoms with Crippen molar-refractivity contribution in [2.24, 2.45) is 0 Å². The second kappa shape index (κ2) is 6.20. The van der Waals surface area contributed by atoms with Gasteiger partial charge >= 0.3 is 0 Å². The number of imide groups is 1. The highest BCUT2D eigenvalue weighted by molar-refractivity contribution is 7.99. The van der Waals surface area contributed by atoms with Crippen molar-refractivity contribution in [2.75, 3.05) is 12.3 Å². The SMILES string of the molecule is O=C1CCC(=O)N1CCSc1ncnc2sc3c(c12)CCCC3. The van der Waals surface area contributed by atoms with E-state index in [-0.39, 0.29) is 11.8 Å². The highest BCUT2D eigenvalue weighted by atomic mass is 32.2. The summed E-state index contributed by atoms with van der Waals surface area (Å²) in [5.41, 5.74) is 1.42. The summed E-state index contributed by atoms with van der Waals surface area (Å²) in [6.45, 7) is 0.472. The molecule has 1 aliphatic carbocycles. The monoisotopic (exact) mass is 347 g/mol. The van der Waals surface area contributed by atoms with E-state index in [4.69, 9.17) is 0 Å². The van der Waals surface area contributed by atoms with Crippen LogP contribution in [-0.4, -0.2) is 39.0 Å². The van der Waals surface area contributed by atoms with E-state index < -0.39 is 0 Å². The van der Waals surface area contributed by atoms with Gasteiger partial charge in [-0.05, 0) is 31.2 Å². The number of amides is 2. The lowest BCUT2D eigenvalue weighted by Crippen LogP contribution is -2.31. The Morgan fingerprint density at radius 1 is 1.09 bits per heavy atom. The fourth-order valence-electron chi connectivity index (χ4n) is 3.28. The molecule has 1 aliphatic heterocycles. The largest absolute Gasteiger partial charge is 0.282 e. The average Bonchev–Trinajstić information content (AvgIpc) is 3.09. The second-order valence-corrected chi connectivity index (χ2v) is 8.02. The normalized spacial score (nSPS) is 18.0. The van der Waals surface area contributed by atoms with E-state index in [1.807, 2.05) is 0 Å². The molecule has 1 saturated heterocycles. The second-order valence-electron chi connectivity index (χ2n) is 5.86. The van der Waals surface area contributed by atoms with E-state index in [1.165, 1.54) is 33.6 Å². The number of likely N-dealkylation sites (tertiary alicyclic amines) is 1. The van der Waals surface area contributed by atoms with Gasteiger partial charge in [0.25, 0.3) is 0 Å². The molecule has 120 valence electrons. The molecule has 1 fully saturated rings. The van der Waals surface area contributed by atoms with Gasteiger partial charge in [0, 0.05) is 35.4 Å². The first-order valence-corrected chi connectivity index (χ1v) is 9.75. The zero-order chi connectivity index (χ0) is 15.8. The summed E-state index contributed by atoms with van der Waals surface area (Å²) in [6, 6.07) is 0. The van der Waals surface area contributed by atoms with Gasteiger partial charge in [-0.3, -0.25) is 14.5 Å². The lowest BCUT2D eigenvalue weighted by atomic mass is 9.97. The number of rotatable bonds is 4. The maximum absolute atomic E-state index is 11.7. The molecule has 7 heteroatoms. The molecule has 0 unspecified atom stereocenters. The first kappa shape index (κ1) is 15.1. The third-order valence-electron chi connectivity index (χ3n) is 4.43. The fraction of sp³-hybridized carbons (Fsp3) is 0.500. The first-order valence-electron chi connectivity index (χ1n) is 7.95. The molecule has 0 bridgehead atoms. The Balaban J connectivity index is 1.54. The summed E-state index contributed by atoms with van der Waals surface area (Å²) < 4.78 is 0. The smallest absolute Gasteiger partial charge is 0.229 e. The van der Waals surface area contributed by atoms with E-state index in [0.717, 1.165) is 22.7 Å². The summed E-state index contributed by atoms with van der Waals surface area (Å²) in [4.78, 5) is 36.1. The van der Waals surface area contributed by atoms with Gasteiger partial charge in [0.2, 0.25) is 11.8 Å². The summed E-state index contributed by atoms with van der Waals surface area (Å²) >= 11 is 3.42. The molecule has 0 N–H and O–H groups in total. The number of carbonyl (C=O) groups is 2. The third kappa shape index (κ3) is 2.76. The highest BCUT2D eigenvalue weighted by Gasteiger charge is 2.28. The molecule has 0 aromatic carbocycles. The summed E-state index contributed by atoms with van der Waals surface area (Å²) in [5, 5.41) is 2.20. The average molecular weight is 347 g/mol. The van der Waals surface area contributed by atoms with Crippen molar-refractivity contribution in [3.05, 3.63) is 16.8 Å². The summed E-state index contributed by atoms with van der Waals surface area (Å²) in [5.74, 6) is 0.599. The van der Waals surface area contributed by atoms with E-state index in [0.29, 0.717) is 25.1 Å². The molecular weight excluding hydrogens is 330 g/mol. The summed E-state index contributed by atoms with van der Waals surface area (Å²) in [6.07, 6.45) is 7.09. The molecule has 5 nitrogen and oxygen atoms in total. The van der Waals surface area contributed by atoms with Crippen LogP contribution in [0.5, 0.6) is 0 Å². The van der Waals surface area contributed by atoms with Gasteiger partial charge in [-0.2, -0.15) is 0 Å². The number of aromatic nitrogens is 2. The zero-order valence-electron chi connectivity index (χ0n) is 12.7. The number of nitrogens with zero attached hydrogens (tertiary/aromatic N) is 3. The van der Waals surface area contributed by atoms with Crippen LogP contribution in [0.4, 0.5) is 0 Å². The van der Waals surface area contributed by atoms with Gasteiger partial charge in [0.05, 0.1) is 0 Å². The Hall–Kier alpha value is -1.47. The maximum atomic E-state index is 11.7. The molecule has 3 heterocycles. The minimum absolute atomic E-state index is 0.0450. The van der Waals surface area contributed by atoms with Gasteiger partial charge in [0.1, 0.15) is 16.2 Å². The highest BCUT2D eigenvalue weighted by Crippen LogP contribution is 2.39. The minimum atomic E-state index is -0.0450. The lowest BCUT2D eigenvalue weighted by molar-refractivity contribution is -0.137. The molecule has 4 rings (SSSR count). The molecule has 0 saturated carbocycles. The van der Waals surface area contributed by atoms with Crippen molar-refractivity contribution in [1.29, 1.82) is 0 Å². The number of thioether (sulfide) groups is 1. The number of hydrogen-bond donors (Lipinski definition) is 0. The van der Waals surface area contributed by atoms with E-state index in [2.05, 4.69) is 9.97 Å². The first-order chi connectivity index (χ1) is 11.2. The van der Waals surface area contributed by atoms with Crippen molar-refractivity contribution < 1.29 is 9.59 Å². The molecule has 0 radical (unpaired) electrons.